The van der Waals surface area contributed by atoms with E-state index in [1.165, 1.54) is 64.2 Å². The summed E-state index contributed by atoms with van der Waals surface area (Å²) in [6, 6.07) is -0.0387. The van der Waals surface area contributed by atoms with Crippen LogP contribution >= 0.6 is 0 Å². The van der Waals surface area contributed by atoms with Crippen LogP contribution in [0, 0.1) is 40.9 Å². The minimum Gasteiger partial charge on any atom is -0.463 e. The van der Waals surface area contributed by atoms with Gasteiger partial charge in [-0.25, -0.2) is 4.79 Å². The molecule has 0 aromatic heterocycles. The van der Waals surface area contributed by atoms with Gasteiger partial charge in [0.1, 0.15) is 5.78 Å². The highest BCUT2D eigenvalue weighted by Crippen LogP contribution is 2.45. The second kappa shape index (κ2) is 34.7. The summed E-state index contributed by atoms with van der Waals surface area (Å²) >= 11 is 0. The number of hydrogen-bond donors (Lipinski definition) is 3. The number of ether oxygens (including phenoxy) is 1. The number of Topliss-reactive ketones (excluding diaryl/α,β-unsaturated/α-hetero) is 2. The van der Waals surface area contributed by atoms with E-state index in [1.807, 2.05) is 69.2 Å². The van der Waals surface area contributed by atoms with Crippen molar-refractivity contribution < 1.29 is 23.9 Å². The van der Waals surface area contributed by atoms with Gasteiger partial charge < -0.3 is 26.0 Å². The summed E-state index contributed by atoms with van der Waals surface area (Å²) in [5, 5.41) is 6.13. The number of nitrogens with zero attached hydrogens (tertiary/aromatic N) is 1. The lowest BCUT2D eigenvalue weighted by atomic mass is 9.77. The van der Waals surface area contributed by atoms with E-state index in [2.05, 4.69) is 70.4 Å². The third-order valence-electron chi connectivity index (χ3n) is 12.1. The number of esters is 1. The third-order valence-corrected chi connectivity index (χ3v) is 12.1. The van der Waals surface area contributed by atoms with Gasteiger partial charge in [0.25, 0.3) is 0 Å². The fourth-order valence-corrected chi connectivity index (χ4v) is 6.91. The minimum atomic E-state index is -0.184. The molecule has 60 heavy (non-hydrogen) atoms. The molecular weight excluding hydrogens is 749 g/mol. The molecule has 9 heteroatoms. The molecule has 3 unspecified atom stereocenters. The van der Waals surface area contributed by atoms with E-state index in [4.69, 9.17) is 10.5 Å². The van der Waals surface area contributed by atoms with Crippen LogP contribution in [0.15, 0.2) is 24.6 Å². The Bertz CT molecular complexity index is 1180. The number of nitrogens with two attached hydrogens (primary N) is 1. The number of nitrogens with one attached hydrogen (secondary N) is 2. The van der Waals surface area contributed by atoms with Gasteiger partial charge in [0.05, 0.1) is 11.8 Å². The van der Waals surface area contributed by atoms with Crippen LogP contribution in [0.1, 0.15) is 207 Å². The second-order valence-electron chi connectivity index (χ2n) is 18.6. The molecular formula is C51H100N4O5. The van der Waals surface area contributed by atoms with Gasteiger partial charge in [-0.05, 0) is 95.8 Å². The lowest BCUT2D eigenvalue weighted by molar-refractivity contribution is -0.147. The number of hydrogen-bond acceptors (Lipinski definition) is 7. The van der Waals surface area contributed by atoms with E-state index in [1.54, 1.807) is 6.92 Å². The first-order valence-electron chi connectivity index (χ1n) is 24.2. The van der Waals surface area contributed by atoms with E-state index in [0.717, 1.165) is 37.4 Å². The highest BCUT2D eigenvalue weighted by Gasteiger charge is 2.42. The van der Waals surface area contributed by atoms with Gasteiger partial charge in [-0.3, -0.25) is 14.4 Å². The Hall–Kier alpha value is -2.84. The van der Waals surface area contributed by atoms with Crippen LogP contribution in [0.25, 0.3) is 0 Å². The molecule has 6 atom stereocenters. The molecule has 3 fully saturated rings. The van der Waals surface area contributed by atoms with Crippen molar-refractivity contribution in [3.05, 3.63) is 24.6 Å². The van der Waals surface area contributed by atoms with Crippen molar-refractivity contribution in [2.24, 2.45) is 46.7 Å². The van der Waals surface area contributed by atoms with Crippen molar-refractivity contribution in [3.63, 3.8) is 0 Å². The zero-order valence-electron chi connectivity index (χ0n) is 42.5. The summed E-state index contributed by atoms with van der Waals surface area (Å²) in [4.78, 5) is 49.1. The van der Waals surface area contributed by atoms with Crippen molar-refractivity contribution in [2.45, 2.75) is 225 Å². The van der Waals surface area contributed by atoms with Crippen LogP contribution in [0.4, 0.5) is 4.79 Å². The number of unbranched alkanes of at least 4 members (excludes halogenated alkanes) is 1. The van der Waals surface area contributed by atoms with Crippen molar-refractivity contribution in [2.75, 3.05) is 13.6 Å². The van der Waals surface area contributed by atoms with Crippen LogP contribution in [0.3, 0.4) is 0 Å². The molecule has 0 spiro atoms. The van der Waals surface area contributed by atoms with Gasteiger partial charge in [0, 0.05) is 49.6 Å². The summed E-state index contributed by atoms with van der Waals surface area (Å²) < 4.78 is 5.22. The standard InChI is InChI=1S/C20H38N2O3.C12H21NO.C11H19NO.C4H10.2C2H6/c1-14(2)25-18(23)12-11-17(13-16-9-7-8-10-16)22-19(24)21-15(3)20(4,5)6;1-8(2)13(5)7-11-6-12(11)9(3)10(4)14;1-3-10(11(13)8(2)12)7-9-5-4-6-9;1-3-4-2;2*1-2/h14-17H,7-13H2,1-6H3,(H2,21,22,24);9,11-12H,1,6-7H2,2-5H3;9-10H,2-7,12H2,1H3;3-4H2,1-2H3;2*1-2H3/t15?,17-;9?,11-,12+;;;;/m10..../s1. The van der Waals surface area contributed by atoms with Gasteiger partial charge in [-0.1, -0.05) is 147 Å². The van der Waals surface area contributed by atoms with Gasteiger partial charge in [-0.2, -0.15) is 0 Å². The average molecular weight is 849 g/mol. The average Bonchev–Trinajstić information content (AvgIpc) is 3.74. The summed E-state index contributed by atoms with van der Waals surface area (Å²) in [5.41, 5.74) is 6.75. The Labute approximate surface area is 372 Å². The number of ketones is 2. The summed E-state index contributed by atoms with van der Waals surface area (Å²) in [5.74, 6) is 3.34. The van der Waals surface area contributed by atoms with Crippen LogP contribution in [-0.2, 0) is 19.1 Å². The Morgan fingerprint density at radius 3 is 1.70 bits per heavy atom. The first-order valence-corrected chi connectivity index (χ1v) is 24.2. The molecule has 354 valence electrons. The van der Waals surface area contributed by atoms with Crippen LogP contribution in [-0.4, -0.2) is 60.2 Å². The fourth-order valence-electron chi connectivity index (χ4n) is 6.91. The van der Waals surface area contributed by atoms with Crippen LogP contribution in [0.5, 0.6) is 0 Å². The van der Waals surface area contributed by atoms with E-state index in [-0.39, 0.29) is 58.9 Å². The van der Waals surface area contributed by atoms with Crippen molar-refractivity contribution >= 4 is 23.6 Å². The van der Waals surface area contributed by atoms with E-state index in [0.29, 0.717) is 36.4 Å². The number of rotatable bonds is 19. The molecule has 0 aromatic rings. The van der Waals surface area contributed by atoms with Gasteiger partial charge >= 0.3 is 12.0 Å². The molecule has 3 saturated carbocycles. The lowest BCUT2D eigenvalue weighted by Gasteiger charge is -2.29. The van der Waals surface area contributed by atoms with E-state index < -0.39 is 0 Å². The van der Waals surface area contributed by atoms with Crippen molar-refractivity contribution in [1.82, 2.24) is 15.5 Å². The molecule has 3 rings (SSSR count). The van der Waals surface area contributed by atoms with Crippen molar-refractivity contribution in [1.29, 1.82) is 0 Å². The molecule has 2 amide bonds. The molecule has 0 bridgehead atoms. The normalized spacial score (nSPS) is 18.6. The lowest BCUT2D eigenvalue weighted by Crippen LogP contribution is -2.49. The summed E-state index contributed by atoms with van der Waals surface area (Å²) in [7, 11) is 2.07. The zero-order valence-corrected chi connectivity index (χ0v) is 42.5. The van der Waals surface area contributed by atoms with Gasteiger partial charge in [-0.15, -0.1) is 0 Å². The highest BCUT2D eigenvalue weighted by atomic mass is 16.5. The molecule has 0 heterocycles. The van der Waals surface area contributed by atoms with E-state index >= 15 is 0 Å². The van der Waals surface area contributed by atoms with Gasteiger partial charge in [0.15, 0.2) is 5.78 Å². The molecule has 0 aliphatic heterocycles. The summed E-state index contributed by atoms with van der Waals surface area (Å²) in [6.45, 7) is 40.7. The smallest absolute Gasteiger partial charge is 0.315 e. The topological polar surface area (TPSA) is 131 Å². The number of allylic oxidation sites excluding steroid dienone is 2. The maximum Gasteiger partial charge on any atom is 0.315 e. The fraction of sp³-hybridized carbons (Fsp3) is 0.843. The molecule has 0 aromatic carbocycles. The summed E-state index contributed by atoms with van der Waals surface area (Å²) in [6.07, 6.45) is 16.5. The predicted octanol–water partition coefficient (Wildman–Crippen LogP) is 12.8. The van der Waals surface area contributed by atoms with Crippen molar-refractivity contribution in [3.8, 4) is 0 Å². The minimum absolute atomic E-state index is 0.0133. The second-order valence-corrected chi connectivity index (χ2v) is 18.6. The zero-order chi connectivity index (χ0) is 47.2. The molecule has 9 nitrogen and oxygen atoms in total. The number of carbonyl (C=O) groups is 4. The Morgan fingerprint density at radius 1 is 0.817 bits per heavy atom. The SMILES string of the molecule is C=C(C)N(C)C[C@@H]1C[C@@H]1C(C)C(C)=O.C=C(N)C(=O)C(CC)CC1CCC1.CC.CC.CC(C)OC(=O)CC[C@H](CC1CCCC1)NC(=O)NC(C)C(C)(C)C.CCCC. The maximum atomic E-state index is 12.4. The van der Waals surface area contributed by atoms with Crippen LogP contribution in [0.2, 0.25) is 0 Å². The van der Waals surface area contributed by atoms with E-state index in [9.17, 15) is 19.2 Å². The van der Waals surface area contributed by atoms with Gasteiger partial charge in [0.2, 0.25) is 0 Å². The molecule has 4 N–H and O–H groups in total. The number of amides is 2. The van der Waals surface area contributed by atoms with Crippen LogP contribution < -0.4 is 16.4 Å². The molecule has 3 aliphatic carbocycles. The largest absolute Gasteiger partial charge is 0.463 e. The maximum absolute atomic E-state index is 12.4. The Kier molecular flexibility index (Phi) is 35.6. The first-order chi connectivity index (χ1) is 28.1. The quantitative estimate of drug-likeness (QED) is 0.0871. The molecule has 0 radical (unpaired) electrons. The molecule has 3 aliphatic rings. The Balaban J connectivity index is -0.000000788. The molecule has 0 saturated heterocycles. The first kappa shape index (κ1) is 61.5. The predicted molar refractivity (Wildman–Crippen MR) is 258 cm³/mol. The number of carbonyl (C=O) groups excluding carboxylic acids is 4. The number of urea groups is 1. The highest BCUT2D eigenvalue weighted by molar-refractivity contribution is 5.95. The third kappa shape index (κ3) is 29.4. The Morgan fingerprint density at radius 2 is 1.32 bits per heavy atom. The monoisotopic (exact) mass is 849 g/mol.